The highest BCUT2D eigenvalue weighted by Crippen LogP contribution is 2.36. The number of carbonyl (C=O) groups excluding carboxylic acids is 2. The molecule has 1 amide bonds. The summed E-state index contributed by atoms with van der Waals surface area (Å²) in [6.07, 6.45) is 4.50. The molecular weight excluding hydrogens is 356 g/mol. The first-order valence-electron chi connectivity index (χ1n) is 9.00. The molecule has 7 nitrogen and oxygen atoms in total. The van der Waals surface area contributed by atoms with Crippen LogP contribution in [0, 0.1) is 11.3 Å². The van der Waals surface area contributed by atoms with Crippen molar-refractivity contribution < 1.29 is 22.5 Å². The van der Waals surface area contributed by atoms with Gasteiger partial charge in [-0.1, -0.05) is 19.0 Å². The third kappa shape index (κ3) is 4.34. The Hall–Kier alpha value is -1.70. The molecule has 3 rings (SSSR count). The Bertz CT molecular complexity index is 817. The van der Waals surface area contributed by atoms with Crippen LogP contribution in [-0.4, -0.2) is 55.3 Å². The fourth-order valence-electron chi connectivity index (χ4n) is 3.94. The highest BCUT2D eigenvalue weighted by molar-refractivity contribution is 7.91. The average Bonchev–Trinajstić information content (AvgIpc) is 2.87. The molecule has 1 aliphatic heterocycles. The summed E-state index contributed by atoms with van der Waals surface area (Å²) in [5.74, 6) is 0.310. The minimum atomic E-state index is -3.31. The molecule has 1 fully saturated rings. The third-order valence-electron chi connectivity index (χ3n) is 5.22. The van der Waals surface area contributed by atoms with Crippen LogP contribution in [0.1, 0.15) is 54.9 Å². The highest BCUT2D eigenvalue weighted by atomic mass is 32.2. The van der Waals surface area contributed by atoms with E-state index in [4.69, 9.17) is 4.52 Å². The predicted octanol–water partition coefficient (Wildman–Crippen LogP) is 1.66. The molecule has 0 N–H and O–H groups in total. The summed E-state index contributed by atoms with van der Waals surface area (Å²) in [6, 6.07) is 0. The van der Waals surface area contributed by atoms with Gasteiger partial charge in [0.2, 0.25) is 5.91 Å². The molecule has 0 atom stereocenters. The van der Waals surface area contributed by atoms with Crippen LogP contribution >= 0.6 is 0 Å². The number of rotatable bonds is 4. The van der Waals surface area contributed by atoms with Crippen molar-refractivity contribution in [3.8, 4) is 0 Å². The number of Topliss-reactive ketones (excluding diaryl/α,β-unsaturated/α-hetero) is 1. The van der Waals surface area contributed by atoms with Crippen LogP contribution in [-0.2, 0) is 27.5 Å². The number of hydrogen-bond acceptors (Lipinski definition) is 6. The SMILES string of the molecule is CC1(C)CC(=O)c2c(noc2CC2CCN(C(=O)CS(C)(=O)=O)CC2)C1. The number of nitrogens with zero attached hydrogens (tertiary/aromatic N) is 2. The quantitative estimate of drug-likeness (QED) is 0.785. The summed E-state index contributed by atoms with van der Waals surface area (Å²) >= 11 is 0. The largest absolute Gasteiger partial charge is 0.360 e. The molecule has 2 aliphatic rings. The van der Waals surface area contributed by atoms with Gasteiger partial charge in [0, 0.05) is 32.2 Å². The molecule has 0 spiro atoms. The van der Waals surface area contributed by atoms with E-state index in [1.54, 1.807) is 4.90 Å². The lowest BCUT2D eigenvalue weighted by molar-refractivity contribution is -0.129. The topological polar surface area (TPSA) is 97.6 Å². The molecule has 0 bridgehead atoms. The van der Waals surface area contributed by atoms with E-state index in [2.05, 4.69) is 19.0 Å². The Kier molecular flexibility index (Phi) is 4.98. The number of piperidine rings is 1. The normalized spacial score (nSPS) is 20.9. The Balaban J connectivity index is 1.60. The van der Waals surface area contributed by atoms with Crippen molar-refractivity contribution in [2.24, 2.45) is 11.3 Å². The number of sulfone groups is 1. The van der Waals surface area contributed by atoms with Gasteiger partial charge >= 0.3 is 0 Å². The second-order valence-electron chi connectivity index (χ2n) is 8.47. The minimum absolute atomic E-state index is 0.0798. The van der Waals surface area contributed by atoms with Crippen molar-refractivity contribution in [2.75, 3.05) is 25.1 Å². The average molecular weight is 382 g/mol. The van der Waals surface area contributed by atoms with Crippen LogP contribution in [0.2, 0.25) is 0 Å². The number of carbonyl (C=O) groups is 2. The van der Waals surface area contributed by atoms with Crippen LogP contribution < -0.4 is 0 Å². The molecule has 1 aromatic heterocycles. The smallest absolute Gasteiger partial charge is 0.237 e. The van der Waals surface area contributed by atoms with Crippen LogP contribution in [0.5, 0.6) is 0 Å². The molecular formula is C18H26N2O5S. The van der Waals surface area contributed by atoms with Crippen molar-refractivity contribution in [1.29, 1.82) is 0 Å². The number of likely N-dealkylation sites (tertiary alicyclic amines) is 1. The van der Waals surface area contributed by atoms with Gasteiger partial charge in [0.1, 0.15) is 11.5 Å². The number of amides is 1. The lowest BCUT2D eigenvalue weighted by Crippen LogP contribution is -2.41. The Morgan fingerprint density at radius 3 is 2.54 bits per heavy atom. The van der Waals surface area contributed by atoms with E-state index in [-0.39, 0.29) is 17.1 Å². The first-order valence-corrected chi connectivity index (χ1v) is 11.1. The van der Waals surface area contributed by atoms with Gasteiger partial charge in [-0.05, 0) is 30.6 Å². The van der Waals surface area contributed by atoms with E-state index in [9.17, 15) is 18.0 Å². The van der Waals surface area contributed by atoms with Gasteiger partial charge in [-0.3, -0.25) is 9.59 Å². The molecule has 0 radical (unpaired) electrons. The third-order valence-corrected chi connectivity index (χ3v) is 6.00. The minimum Gasteiger partial charge on any atom is -0.360 e. The van der Waals surface area contributed by atoms with Crippen molar-refractivity contribution in [3.05, 3.63) is 17.0 Å². The predicted molar refractivity (Wildman–Crippen MR) is 95.7 cm³/mol. The highest BCUT2D eigenvalue weighted by Gasteiger charge is 2.37. The van der Waals surface area contributed by atoms with E-state index in [1.165, 1.54) is 0 Å². The van der Waals surface area contributed by atoms with E-state index < -0.39 is 15.6 Å². The summed E-state index contributed by atoms with van der Waals surface area (Å²) in [5, 5.41) is 4.12. The van der Waals surface area contributed by atoms with Gasteiger partial charge in [0.15, 0.2) is 15.6 Å². The number of aromatic nitrogens is 1. The molecule has 26 heavy (non-hydrogen) atoms. The zero-order valence-electron chi connectivity index (χ0n) is 15.6. The van der Waals surface area contributed by atoms with Crippen LogP contribution in [0.25, 0.3) is 0 Å². The number of hydrogen-bond donors (Lipinski definition) is 0. The monoisotopic (exact) mass is 382 g/mol. The summed E-state index contributed by atoms with van der Waals surface area (Å²) in [5.41, 5.74) is 1.35. The Morgan fingerprint density at radius 2 is 1.92 bits per heavy atom. The van der Waals surface area contributed by atoms with E-state index >= 15 is 0 Å². The molecule has 1 aromatic rings. The van der Waals surface area contributed by atoms with Gasteiger partial charge in [0.05, 0.1) is 11.3 Å². The first kappa shape index (κ1) is 19.1. The lowest BCUT2D eigenvalue weighted by atomic mass is 9.75. The second kappa shape index (κ2) is 6.79. The van der Waals surface area contributed by atoms with Crippen molar-refractivity contribution >= 4 is 21.5 Å². The van der Waals surface area contributed by atoms with Crippen LogP contribution in [0.4, 0.5) is 0 Å². The fourth-order valence-corrected chi connectivity index (χ4v) is 4.57. The van der Waals surface area contributed by atoms with E-state index in [0.717, 1.165) is 31.2 Å². The maximum Gasteiger partial charge on any atom is 0.237 e. The van der Waals surface area contributed by atoms with Crippen molar-refractivity contribution in [2.45, 2.75) is 46.0 Å². The number of fused-ring (bicyclic) bond motifs is 1. The summed E-state index contributed by atoms with van der Waals surface area (Å²) in [4.78, 5) is 26.1. The van der Waals surface area contributed by atoms with Crippen LogP contribution in [0.15, 0.2) is 4.52 Å². The molecule has 0 saturated carbocycles. The van der Waals surface area contributed by atoms with Crippen molar-refractivity contribution in [1.82, 2.24) is 10.1 Å². The van der Waals surface area contributed by atoms with Gasteiger partial charge < -0.3 is 9.42 Å². The summed E-state index contributed by atoms with van der Waals surface area (Å²) < 4.78 is 28.0. The maximum absolute atomic E-state index is 12.5. The van der Waals surface area contributed by atoms with Crippen LogP contribution in [0.3, 0.4) is 0 Å². The summed E-state index contributed by atoms with van der Waals surface area (Å²) in [7, 11) is -3.31. The molecule has 0 aromatic carbocycles. The van der Waals surface area contributed by atoms with Crippen molar-refractivity contribution in [3.63, 3.8) is 0 Å². The van der Waals surface area contributed by atoms with Gasteiger partial charge in [-0.25, -0.2) is 8.42 Å². The standard InChI is InChI=1S/C18H26N2O5S/c1-18(2)9-13-17(14(21)10-18)15(25-19-13)8-12-4-6-20(7-5-12)16(22)11-26(3,23)24/h12H,4-11H2,1-3H3. The van der Waals surface area contributed by atoms with E-state index in [0.29, 0.717) is 43.2 Å². The molecule has 144 valence electrons. The number of ketones is 1. The first-order chi connectivity index (χ1) is 12.0. The molecule has 1 aliphatic carbocycles. The van der Waals surface area contributed by atoms with Gasteiger partial charge in [0.25, 0.3) is 0 Å². The van der Waals surface area contributed by atoms with Gasteiger partial charge in [-0.2, -0.15) is 0 Å². The molecule has 2 heterocycles. The maximum atomic E-state index is 12.5. The lowest BCUT2D eigenvalue weighted by Gasteiger charge is -2.32. The zero-order chi connectivity index (χ0) is 19.1. The second-order valence-corrected chi connectivity index (χ2v) is 10.6. The van der Waals surface area contributed by atoms with E-state index in [1.807, 2.05) is 0 Å². The molecule has 0 unspecified atom stereocenters. The zero-order valence-corrected chi connectivity index (χ0v) is 16.4. The fraction of sp³-hybridized carbons (Fsp3) is 0.722. The molecule has 1 saturated heterocycles. The molecule has 8 heteroatoms. The Morgan fingerprint density at radius 1 is 1.27 bits per heavy atom. The van der Waals surface area contributed by atoms with Gasteiger partial charge in [-0.15, -0.1) is 0 Å². The summed E-state index contributed by atoms with van der Waals surface area (Å²) in [6.45, 7) is 5.20. The Labute approximate surface area is 154 Å².